The molecule has 3 saturated heterocycles. The largest absolute Gasteiger partial charge is 0.366 e. The van der Waals surface area contributed by atoms with Gasteiger partial charge in [0.15, 0.2) is 6.29 Å². The SMILES string of the molecule is C=C=C(C)C[C@H]1CCC2OC3C[C@]2(COC3O)O1. The van der Waals surface area contributed by atoms with Gasteiger partial charge in [-0.05, 0) is 25.3 Å². The topological polar surface area (TPSA) is 47.9 Å². The highest BCUT2D eigenvalue weighted by Crippen LogP contribution is 2.46. The average Bonchev–Trinajstić information content (AvgIpc) is 2.68. The molecule has 1 N–H and O–H groups in total. The smallest absolute Gasteiger partial charge is 0.181 e. The summed E-state index contributed by atoms with van der Waals surface area (Å²) in [5.74, 6) is 0. The van der Waals surface area contributed by atoms with Crippen molar-refractivity contribution in [1.29, 1.82) is 0 Å². The fourth-order valence-corrected chi connectivity index (χ4v) is 3.28. The van der Waals surface area contributed by atoms with Gasteiger partial charge in [0, 0.05) is 12.8 Å². The summed E-state index contributed by atoms with van der Waals surface area (Å²) < 4.78 is 17.5. The van der Waals surface area contributed by atoms with Crippen LogP contribution in [0.5, 0.6) is 0 Å². The summed E-state index contributed by atoms with van der Waals surface area (Å²) in [5.41, 5.74) is 3.70. The monoisotopic (exact) mass is 252 g/mol. The molecule has 5 atom stereocenters. The van der Waals surface area contributed by atoms with E-state index < -0.39 is 6.29 Å². The summed E-state index contributed by atoms with van der Waals surface area (Å²) in [6.45, 7) is 6.12. The second-order valence-corrected chi connectivity index (χ2v) is 5.61. The van der Waals surface area contributed by atoms with Gasteiger partial charge in [0.25, 0.3) is 0 Å². The van der Waals surface area contributed by atoms with Crippen molar-refractivity contribution >= 4 is 0 Å². The van der Waals surface area contributed by atoms with E-state index in [1.807, 2.05) is 6.92 Å². The van der Waals surface area contributed by atoms with Crippen molar-refractivity contribution in [2.75, 3.05) is 6.61 Å². The van der Waals surface area contributed by atoms with Gasteiger partial charge in [-0.25, -0.2) is 0 Å². The lowest BCUT2D eigenvalue weighted by molar-refractivity contribution is -0.221. The molecule has 18 heavy (non-hydrogen) atoms. The van der Waals surface area contributed by atoms with Gasteiger partial charge in [0.2, 0.25) is 0 Å². The Labute approximate surface area is 107 Å². The van der Waals surface area contributed by atoms with Gasteiger partial charge in [0.1, 0.15) is 11.7 Å². The molecule has 3 rings (SSSR count). The molecule has 4 heteroatoms. The third-order valence-corrected chi connectivity index (χ3v) is 4.28. The van der Waals surface area contributed by atoms with Gasteiger partial charge in [0.05, 0.1) is 18.8 Å². The zero-order chi connectivity index (χ0) is 12.8. The zero-order valence-electron chi connectivity index (χ0n) is 10.7. The Morgan fingerprint density at radius 1 is 1.50 bits per heavy atom. The molecular formula is C14H20O4. The quantitative estimate of drug-likeness (QED) is 0.757. The first-order chi connectivity index (χ1) is 8.63. The van der Waals surface area contributed by atoms with Crippen LogP contribution in [0.4, 0.5) is 0 Å². The molecule has 0 saturated carbocycles. The van der Waals surface area contributed by atoms with Gasteiger partial charge in [-0.3, -0.25) is 0 Å². The summed E-state index contributed by atoms with van der Waals surface area (Å²) in [6, 6.07) is 0. The summed E-state index contributed by atoms with van der Waals surface area (Å²) >= 11 is 0. The summed E-state index contributed by atoms with van der Waals surface area (Å²) in [7, 11) is 0. The molecule has 3 aliphatic rings. The summed E-state index contributed by atoms with van der Waals surface area (Å²) in [6.07, 6.45) is 2.81. The van der Waals surface area contributed by atoms with Crippen LogP contribution in [0.3, 0.4) is 0 Å². The number of rotatable bonds is 2. The Morgan fingerprint density at radius 2 is 2.33 bits per heavy atom. The highest BCUT2D eigenvalue weighted by Gasteiger charge is 2.58. The van der Waals surface area contributed by atoms with E-state index in [9.17, 15) is 5.11 Å². The van der Waals surface area contributed by atoms with Crippen LogP contribution in [0.2, 0.25) is 0 Å². The molecule has 100 valence electrons. The van der Waals surface area contributed by atoms with Crippen molar-refractivity contribution in [2.24, 2.45) is 0 Å². The molecule has 3 fully saturated rings. The van der Waals surface area contributed by atoms with Crippen LogP contribution in [-0.4, -0.2) is 41.9 Å². The Morgan fingerprint density at radius 3 is 3.11 bits per heavy atom. The number of aliphatic hydroxyl groups is 1. The molecule has 2 bridgehead atoms. The Bertz CT molecular complexity index is 387. The van der Waals surface area contributed by atoms with Gasteiger partial charge in [-0.2, -0.15) is 0 Å². The van der Waals surface area contributed by atoms with Gasteiger partial charge >= 0.3 is 0 Å². The van der Waals surface area contributed by atoms with E-state index in [0.717, 1.165) is 31.3 Å². The normalized spacial score (nSPS) is 46.3. The molecule has 1 spiro atoms. The molecular weight excluding hydrogens is 232 g/mol. The fourth-order valence-electron chi connectivity index (χ4n) is 3.28. The molecule has 3 unspecified atom stereocenters. The second kappa shape index (κ2) is 4.48. The van der Waals surface area contributed by atoms with Crippen molar-refractivity contribution in [2.45, 2.75) is 62.8 Å². The average molecular weight is 252 g/mol. The van der Waals surface area contributed by atoms with Gasteiger partial charge in [-0.1, -0.05) is 6.58 Å². The van der Waals surface area contributed by atoms with E-state index in [0.29, 0.717) is 6.61 Å². The first-order valence-corrected chi connectivity index (χ1v) is 6.61. The van der Waals surface area contributed by atoms with E-state index in [1.54, 1.807) is 0 Å². The van der Waals surface area contributed by atoms with Crippen molar-refractivity contribution in [3.05, 3.63) is 17.9 Å². The van der Waals surface area contributed by atoms with Crippen molar-refractivity contribution < 1.29 is 19.3 Å². The molecule has 0 aromatic carbocycles. The molecule has 3 aliphatic heterocycles. The summed E-state index contributed by atoms with van der Waals surface area (Å²) in [5, 5.41) is 9.66. The van der Waals surface area contributed by atoms with E-state index in [4.69, 9.17) is 14.2 Å². The van der Waals surface area contributed by atoms with Crippen molar-refractivity contribution in [1.82, 2.24) is 0 Å². The molecule has 0 aromatic heterocycles. The summed E-state index contributed by atoms with van der Waals surface area (Å²) in [4.78, 5) is 0. The molecule has 4 nitrogen and oxygen atoms in total. The van der Waals surface area contributed by atoms with Crippen molar-refractivity contribution in [3.63, 3.8) is 0 Å². The van der Waals surface area contributed by atoms with E-state index >= 15 is 0 Å². The lowest BCUT2D eigenvalue weighted by Crippen LogP contribution is -2.53. The van der Waals surface area contributed by atoms with E-state index in [1.165, 1.54) is 0 Å². The predicted molar refractivity (Wildman–Crippen MR) is 65.0 cm³/mol. The molecule has 0 aromatic rings. The minimum absolute atomic E-state index is 0.0731. The van der Waals surface area contributed by atoms with Crippen LogP contribution in [0.25, 0.3) is 0 Å². The van der Waals surface area contributed by atoms with Crippen LogP contribution in [0, 0.1) is 0 Å². The predicted octanol–water partition coefficient (Wildman–Crippen LogP) is 1.53. The number of aliphatic hydroxyl groups excluding tert-OH is 1. The first kappa shape index (κ1) is 12.4. The maximum absolute atomic E-state index is 9.66. The minimum Gasteiger partial charge on any atom is -0.366 e. The van der Waals surface area contributed by atoms with Crippen LogP contribution in [0.1, 0.15) is 32.6 Å². The third-order valence-electron chi connectivity index (χ3n) is 4.28. The number of hydrogen-bond donors (Lipinski definition) is 1. The maximum Gasteiger partial charge on any atom is 0.181 e. The van der Waals surface area contributed by atoms with Crippen LogP contribution < -0.4 is 0 Å². The Hall–Kier alpha value is -0.640. The van der Waals surface area contributed by atoms with Crippen LogP contribution in [-0.2, 0) is 14.2 Å². The number of fused-ring (bicyclic) bond motifs is 1. The number of hydrogen-bond acceptors (Lipinski definition) is 4. The maximum atomic E-state index is 9.66. The Kier molecular flexibility index (Phi) is 3.08. The van der Waals surface area contributed by atoms with Gasteiger partial charge in [-0.15, -0.1) is 5.73 Å². The lowest BCUT2D eigenvalue weighted by Gasteiger charge is -2.42. The molecule has 0 amide bonds. The third kappa shape index (κ3) is 1.94. The zero-order valence-corrected chi connectivity index (χ0v) is 10.7. The van der Waals surface area contributed by atoms with Crippen LogP contribution in [0.15, 0.2) is 17.9 Å². The first-order valence-electron chi connectivity index (χ1n) is 6.61. The minimum atomic E-state index is -0.793. The lowest BCUT2D eigenvalue weighted by atomic mass is 9.85. The fraction of sp³-hybridized carbons (Fsp3) is 0.786. The second-order valence-electron chi connectivity index (χ2n) is 5.61. The Balaban J connectivity index is 1.73. The molecule has 0 radical (unpaired) electrons. The highest BCUT2D eigenvalue weighted by atomic mass is 16.7. The molecule has 3 heterocycles. The standard InChI is InChI=1S/C14H20O4/c1-3-9(2)6-10-4-5-12-14(18-10)7-11(17-12)13(15)16-8-14/h10-13,15H,1,4-8H2,2H3/t10-,11?,12?,13?,14-/m1/s1. The van der Waals surface area contributed by atoms with Crippen molar-refractivity contribution in [3.8, 4) is 0 Å². The highest BCUT2D eigenvalue weighted by molar-refractivity contribution is 5.06. The van der Waals surface area contributed by atoms with Gasteiger partial charge < -0.3 is 19.3 Å². The van der Waals surface area contributed by atoms with Crippen LogP contribution >= 0.6 is 0 Å². The van der Waals surface area contributed by atoms with E-state index in [-0.39, 0.29) is 23.9 Å². The molecule has 0 aliphatic carbocycles. The number of ether oxygens (including phenoxy) is 3. The van der Waals surface area contributed by atoms with E-state index in [2.05, 4.69) is 12.3 Å².